The van der Waals surface area contributed by atoms with E-state index >= 15 is 0 Å². The van der Waals surface area contributed by atoms with Crippen LogP contribution >= 0.6 is 11.8 Å². The van der Waals surface area contributed by atoms with Gasteiger partial charge in [-0.05, 0) is 106 Å². The molecule has 0 saturated carbocycles. The molecule has 8 aromatic carbocycles. The summed E-state index contributed by atoms with van der Waals surface area (Å²) in [6, 6.07) is 67.0. The minimum atomic E-state index is -0.179. The number of fused-ring (bicyclic) bond motifs is 6. The molecule has 0 amide bonds. The van der Waals surface area contributed by atoms with E-state index < -0.39 is 0 Å². The second-order valence-corrected chi connectivity index (χ2v) is 18.2. The van der Waals surface area contributed by atoms with Crippen LogP contribution in [0, 0.1) is 0 Å². The molecule has 284 valence electrons. The average molecular weight is 778 g/mol. The van der Waals surface area contributed by atoms with Crippen molar-refractivity contribution in [2.24, 2.45) is 0 Å². The predicted molar refractivity (Wildman–Crippen MR) is 252 cm³/mol. The molecular weight excluding hydrogens is 733 g/mol. The van der Waals surface area contributed by atoms with Gasteiger partial charge in [-0.2, -0.15) is 0 Å². The largest absolute Gasteiger partial charge is 0.355 e. The molecular formula is C54H44BN3S. The van der Waals surface area contributed by atoms with Gasteiger partial charge >= 0.3 is 0 Å². The maximum atomic E-state index is 3.96. The molecule has 11 rings (SSSR count). The lowest BCUT2D eigenvalue weighted by atomic mass is 9.56. The third-order valence-electron chi connectivity index (χ3n) is 12.9. The Labute approximate surface area is 352 Å². The second kappa shape index (κ2) is 13.6. The van der Waals surface area contributed by atoms with E-state index in [1.54, 1.807) is 0 Å². The first-order valence-corrected chi connectivity index (χ1v) is 21.5. The van der Waals surface area contributed by atoms with Crippen molar-refractivity contribution in [2.75, 3.05) is 15.1 Å². The maximum Gasteiger partial charge on any atom is 0.198 e. The Bertz CT molecular complexity index is 2880. The van der Waals surface area contributed by atoms with Gasteiger partial charge in [-0.15, -0.1) is 0 Å². The SMILES string of the molecule is CC1(C)c2ccccc2Sc2cc(-c3cc(N(c4ccccc4)c4ccccc4)cc4c3Bc3cccc5c3N4c3ccccc3C5(C)C)c(Nc3ccccc3)cc21. The fourth-order valence-electron chi connectivity index (χ4n) is 9.90. The molecule has 0 radical (unpaired) electrons. The number of nitrogens with one attached hydrogen (secondary N) is 1. The zero-order valence-corrected chi connectivity index (χ0v) is 34.6. The summed E-state index contributed by atoms with van der Waals surface area (Å²) in [7, 11) is 0.822. The van der Waals surface area contributed by atoms with Gasteiger partial charge in [0, 0.05) is 66.0 Å². The van der Waals surface area contributed by atoms with Crippen LogP contribution in [0.15, 0.2) is 192 Å². The zero-order chi connectivity index (χ0) is 39.9. The standard InChI is InChI=1S/C54H44BN3S/c1-53(2)41-25-14-16-29-47(41)58-48-32-38(57(36-21-10-6-11-22-36)37-23-12-7-13-24-37)31-40(51(48)55-45-28-18-27-43(53)52(45)58)39-33-50-44(34-46(39)56-35-19-8-5-9-20-35)54(3,4)42-26-15-17-30-49(42)59-50/h5-34,55-56H,1-4H3. The van der Waals surface area contributed by atoms with Crippen molar-refractivity contribution in [1.29, 1.82) is 0 Å². The highest BCUT2D eigenvalue weighted by Crippen LogP contribution is 2.55. The van der Waals surface area contributed by atoms with Crippen LogP contribution in [0.1, 0.15) is 49.9 Å². The highest BCUT2D eigenvalue weighted by Gasteiger charge is 2.42. The van der Waals surface area contributed by atoms with Crippen LogP contribution < -0.4 is 26.0 Å². The van der Waals surface area contributed by atoms with Crippen LogP contribution in [0.4, 0.5) is 45.5 Å². The van der Waals surface area contributed by atoms with Crippen LogP contribution in [0.2, 0.25) is 0 Å². The minimum absolute atomic E-state index is 0.151. The summed E-state index contributed by atoms with van der Waals surface area (Å²) in [5.74, 6) is 0. The molecule has 1 N–H and O–H groups in total. The summed E-state index contributed by atoms with van der Waals surface area (Å²) in [6.45, 7) is 9.52. The van der Waals surface area contributed by atoms with Crippen LogP contribution in [-0.2, 0) is 10.8 Å². The van der Waals surface area contributed by atoms with Crippen molar-refractivity contribution >= 4 is 75.5 Å². The third-order valence-corrected chi connectivity index (χ3v) is 14.0. The quantitative estimate of drug-likeness (QED) is 0.169. The molecule has 0 bridgehead atoms. The second-order valence-electron chi connectivity index (χ2n) is 17.1. The van der Waals surface area contributed by atoms with Crippen molar-refractivity contribution in [1.82, 2.24) is 0 Å². The molecule has 3 heterocycles. The smallest absolute Gasteiger partial charge is 0.198 e. The van der Waals surface area contributed by atoms with Crippen molar-refractivity contribution < 1.29 is 0 Å². The summed E-state index contributed by atoms with van der Waals surface area (Å²) in [5.41, 5.74) is 19.5. The fraction of sp³-hybridized carbons (Fsp3) is 0.111. The number of hydrogen-bond donors (Lipinski definition) is 1. The van der Waals surface area contributed by atoms with E-state index in [-0.39, 0.29) is 10.8 Å². The topological polar surface area (TPSA) is 18.5 Å². The van der Waals surface area contributed by atoms with E-state index in [0.717, 1.165) is 35.7 Å². The van der Waals surface area contributed by atoms with Crippen molar-refractivity contribution in [2.45, 2.75) is 48.3 Å². The summed E-state index contributed by atoms with van der Waals surface area (Å²) < 4.78 is 0. The first kappa shape index (κ1) is 35.7. The maximum absolute atomic E-state index is 3.96. The van der Waals surface area contributed by atoms with Gasteiger partial charge in [-0.25, -0.2) is 0 Å². The Balaban J connectivity index is 1.23. The Morgan fingerprint density at radius 1 is 0.492 bits per heavy atom. The molecule has 0 unspecified atom stereocenters. The number of hydrogen-bond acceptors (Lipinski definition) is 4. The van der Waals surface area contributed by atoms with Gasteiger partial charge in [-0.3, -0.25) is 0 Å². The highest BCUT2D eigenvalue weighted by molar-refractivity contribution is 7.99. The third kappa shape index (κ3) is 5.67. The number of benzene rings is 8. The number of anilines is 8. The van der Waals surface area contributed by atoms with E-state index in [1.807, 2.05) is 11.8 Å². The van der Waals surface area contributed by atoms with Crippen LogP contribution in [-0.4, -0.2) is 7.28 Å². The summed E-state index contributed by atoms with van der Waals surface area (Å²) >= 11 is 1.90. The molecule has 3 nitrogen and oxygen atoms in total. The van der Waals surface area contributed by atoms with E-state index in [2.05, 4.69) is 225 Å². The summed E-state index contributed by atoms with van der Waals surface area (Å²) in [4.78, 5) is 7.63. The minimum Gasteiger partial charge on any atom is -0.355 e. The zero-order valence-electron chi connectivity index (χ0n) is 33.8. The first-order chi connectivity index (χ1) is 28.8. The molecule has 59 heavy (non-hydrogen) atoms. The molecule has 8 aromatic rings. The average Bonchev–Trinajstić information content (AvgIpc) is 3.26. The lowest BCUT2D eigenvalue weighted by Gasteiger charge is -2.46. The van der Waals surface area contributed by atoms with Crippen LogP contribution in [0.3, 0.4) is 0 Å². The van der Waals surface area contributed by atoms with E-state index in [1.165, 1.54) is 71.2 Å². The van der Waals surface area contributed by atoms with Crippen LogP contribution in [0.25, 0.3) is 11.1 Å². The van der Waals surface area contributed by atoms with Gasteiger partial charge in [-0.1, -0.05) is 154 Å². The van der Waals surface area contributed by atoms with Crippen molar-refractivity contribution in [3.63, 3.8) is 0 Å². The summed E-state index contributed by atoms with van der Waals surface area (Å²) in [5, 5.41) is 3.96. The van der Waals surface area contributed by atoms with Gasteiger partial charge in [0.2, 0.25) is 0 Å². The highest BCUT2D eigenvalue weighted by atomic mass is 32.2. The molecule has 3 aliphatic rings. The number of rotatable bonds is 6. The Morgan fingerprint density at radius 2 is 1.10 bits per heavy atom. The molecule has 0 spiro atoms. The molecule has 0 atom stereocenters. The molecule has 5 heteroatoms. The molecule has 0 aromatic heterocycles. The normalized spacial score (nSPS) is 14.7. The lowest BCUT2D eigenvalue weighted by molar-refractivity contribution is 0.608. The van der Waals surface area contributed by atoms with Gasteiger partial charge in [0.05, 0.1) is 5.69 Å². The molecule has 0 aliphatic carbocycles. The fourth-order valence-corrected chi connectivity index (χ4v) is 11.3. The number of nitrogens with zero attached hydrogens (tertiary/aromatic N) is 2. The van der Waals surface area contributed by atoms with Crippen molar-refractivity contribution in [3.8, 4) is 11.1 Å². The van der Waals surface area contributed by atoms with E-state index in [9.17, 15) is 0 Å². The van der Waals surface area contributed by atoms with Gasteiger partial charge in [0.25, 0.3) is 0 Å². The molecule has 0 saturated heterocycles. The van der Waals surface area contributed by atoms with Gasteiger partial charge < -0.3 is 15.1 Å². The first-order valence-electron chi connectivity index (χ1n) is 20.6. The lowest BCUT2D eigenvalue weighted by Crippen LogP contribution is -2.45. The Hall–Kier alpha value is -6.43. The number of para-hydroxylation sites is 5. The van der Waals surface area contributed by atoms with Gasteiger partial charge in [0.15, 0.2) is 7.28 Å². The molecule has 0 fully saturated rings. The Morgan fingerprint density at radius 3 is 1.83 bits per heavy atom. The van der Waals surface area contributed by atoms with Crippen LogP contribution in [0.5, 0.6) is 0 Å². The summed E-state index contributed by atoms with van der Waals surface area (Å²) in [6.07, 6.45) is 0. The van der Waals surface area contributed by atoms with E-state index in [4.69, 9.17) is 0 Å². The predicted octanol–water partition coefficient (Wildman–Crippen LogP) is 13.2. The van der Waals surface area contributed by atoms with Gasteiger partial charge in [0.1, 0.15) is 0 Å². The molecule has 3 aliphatic heterocycles. The monoisotopic (exact) mass is 777 g/mol. The van der Waals surface area contributed by atoms with E-state index in [0.29, 0.717) is 0 Å². The Kier molecular flexibility index (Phi) is 8.22. The van der Waals surface area contributed by atoms with Crippen molar-refractivity contribution in [3.05, 3.63) is 204 Å².